The molecule has 6 atom stereocenters. The number of hydrogen-bond acceptors (Lipinski definition) is 10. The van der Waals surface area contributed by atoms with Crippen LogP contribution >= 0.6 is 11.8 Å². The molecule has 0 radical (unpaired) electrons. The minimum absolute atomic E-state index is 0.162. The van der Waals surface area contributed by atoms with Gasteiger partial charge >= 0.3 is 11.9 Å². The predicted molar refractivity (Wildman–Crippen MR) is 122 cm³/mol. The second-order valence-corrected chi connectivity index (χ2v) is 10.0. The molecular formula is C23H34N2O8S. The molecule has 3 heterocycles. The average molecular weight is 499 g/mol. The Morgan fingerprint density at radius 1 is 1.12 bits per heavy atom. The summed E-state index contributed by atoms with van der Waals surface area (Å²) in [5, 5.41) is 3.05. The van der Waals surface area contributed by atoms with E-state index in [9.17, 15) is 14.4 Å². The smallest absolute Gasteiger partial charge is 0.315 e. The zero-order valence-electron chi connectivity index (χ0n) is 19.9. The van der Waals surface area contributed by atoms with Crippen molar-refractivity contribution in [3.05, 3.63) is 11.8 Å². The fourth-order valence-electron chi connectivity index (χ4n) is 5.37. The van der Waals surface area contributed by atoms with Crippen molar-refractivity contribution in [2.45, 2.75) is 50.1 Å². The number of carbonyl (C=O) groups excluding carboxylic acids is 3. The molecule has 0 aromatic rings. The van der Waals surface area contributed by atoms with Gasteiger partial charge in [-0.2, -0.15) is 0 Å². The van der Waals surface area contributed by atoms with Crippen LogP contribution in [0.3, 0.4) is 0 Å². The summed E-state index contributed by atoms with van der Waals surface area (Å²) < 4.78 is 26.4. The molecule has 3 fully saturated rings. The van der Waals surface area contributed by atoms with Crippen LogP contribution in [0.15, 0.2) is 11.8 Å². The molecule has 4 aliphatic rings. The van der Waals surface area contributed by atoms with Gasteiger partial charge in [0.1, 0.15) is 16.2 Å². The molecule has 1 aliphatic carbocycles. The lowest BCUT2D eigenvalue weighted by atomic mass is 9.62. The summed E-state index contributed by atoms with van der Waals surface area (Å²) in [5.74, 6) is -3.32. The van der Waals surface area contributed by atoms with Crippen molar-refractivity contribution < 1.29 is 38.1 Å². The lowest BCUT2D eigenvalue weighted by Crippen LogP contribution is -2.60. The zero-order chi connectivity index (χ0) is 24.3. The van der Waals surface area contributed by atoms with E-state index < -0.39 is 34.8 Å². The van der Waals surface area contributed by atoms with Gasteiger partial charge in [0.15, 0.2) is 6.29 Å². The molecule has 1 saturated carbocycles. The second kappa shape index (κ2) is 10.8. The van der Waals surface area contributed by atoms with E-state index in [2.05, 4.69) is 10.2 Å². The van der Waals surface area contributed by atoms with E-state index in [1.54, 1.807) is 20.1 Å². The van der Waals surface area contributed by atoms with E-state index in [0.717, 1.165) is 0 Å². The minimum atomic E-state index is -1.40. The first-order chi connectivity index (χ1) is 16.5. The van der Waals surface area contributed by atoms with Gasteiger partial charge in [0.2, 0.25) is 5.91 Å². The largest absolute Gasteiger partial charge is 0.473 e. The van der Waals surface area contributed by atoms with Crippen molar-refractivity contribution in [1.29, 1.82) is 0 Å². The lowest BCUT2D eigenvalue weighted by molar-refractivity contribution is -0.163. The van der Waals surface area contributed by atoms with Gasteiger partial charge in [0.05, 0.1) is 38.6 Å². The molecule has 10 nitrogen and oxygen atoms in total. The van der Waals surface area contributed by atoms with Gasteiger partial charge in [-0.25, -0.2) is 0 Å². The number of ether oxygens (including phenoxy) is 5. The molecule has 1 unspecified atom stereocenters. The molecule has 1 N–H and O–H groups in total. The van der Waals surface area contributed by atoms with Gasteiger partial charge in [-0.05, 0) is 38.7 Å². The Morgan fingerprint density at radius 2 is 1.82 bits per heavy atom. The van der Waals surface area contributed by atoms with Crippen molar-refractivity contribution in [2.75, 3.05) is 46.1 Å². The quantitative estimate of drug-likeness (QED) is 0.515. The molecule has 2 saturated heterocycles. The topological polar surface area (TPSA) is 113 Å². The highest BCUT2D eigenvalue weighted by Gasteiger charge is 2.68. The highest BCUT2D eigenvalue weighted by molar-refractivity contribution is 8.02. The Morgan fingerprint density at radius 3 is 2.50 bits per heavy atom. The number of thioether (sulfide) groups is 1. The van der Waals surface area contributed by atoms with Gasteiger partial charge in [-0.1, -0.05) is 0 Å². The minimum Gasteiger partial charge on any atom is -0.473 e. The summed E-state index contributed by atoms with van der Waals surface area (Å²) in [6, 6.07) is 0. The number of hydrogen-bond donors (Lipinski definition) is 1. The first kappa shape index (κ1) is 25.3. The third-order valence-electron chi connectivity index (χ3n) is 6.84. The van der Waals surface area contributed by atoms with Crippen molar-refractivity contribution in [1.82, 2.24) is 10.2 Å². The maximum Gasteiger partial charge on any atom is 0.315 e. The third-order valence-corrected chi connectivity index (χ3v) is 8.58. The molecule has 0 aromatic carbocycles. The lowest BCUT2D eigenvalue weighted by Gasteiger charge is -2.48. The van der Waals surface area contributed by atoms with E-state index in [4.69, 9.17) is 23.7 Å². The van der Waals surface area contributed by atoms with Gasteiger partial charge in [0, 0.05) is 26.1 Å². The Kier molecular flexibility index (Phi) is 8.06. The van der Waals surface area contributed by atoms with Crippen LogP contribution in [-0.2, 0) is 38.1 Å². The van der Waals surface area contributed by atoms with Crippen LogP contribution in [0.25, 0.3) is 0 Å². The molecule has 3 aliphatic heterocycles. The molecule has 190 valence electrons. The summed E-state index contributed by atoms with van der Waals surface area (Å²) in [6.07, 6.45) is 1.93. The van der Waals surface area contributed by atoms with E-state index >= 15 is 0 Å². The van der Waals surface area contributed by atoms with Crippen LogP contribution in [0.1, 0.15) is 33.6 Å². The van der Waals surface area contributed by atoms with Gasteiger partial charge in [0.25, 0.3) is 0 Å². The van der Waals surface area contributed by atoms with E-state index in [0.29, 0.717) is 51.3 Å². The van der Waals surface area contributed by atoms with E-state index in [-0.39, 0.29) is 30.5 Å². The van der Waals surface area contributed by atoms with Crippen molar-refractivity contribution >= 4 is 29.6 Å². The Hall–Kier alpha value is -1.82. The number of amides is 1. The molecule has 4 rings (SSSR count). The maximum absolute atomic E-state index is 13.8. The van der Waals surface area contributed by atoms with Gasteiger partial charge in [-0.15, -0.1) is 11.8 Å². The summed E-state index contributed by atoms with van der Waals surface area (Å²) in [7, 11) is 0. The van der Waals surface area contributed by atoms with E-state index in [1.807, 2.05) is 6.92 Å². The average Bonchev–Trinajstić information content (AvgIpc) is 3.16. The van der Waals surface area contributed by atoms with Crippen molar-refractivity contribution in [3.63, 3.8) is 0 Å². The van der Waals surface area contributed by atoms with Crippen molar-refractivity contribution in [2.24, 2.45) is 17.8 Å². The van der Waals surface area contributed by atoms with Gasteiger partial charge < -0.3 is 29.0 Å². The summed E-state index contributed by atoms with van der Waals surface area (Å²) in [4.78, 5) is 42.7. The van der Waals surface area contributed by atoms with Crippen molar-refractivity contribution in [3.8, 4) is 0 Å². The van der Waals surface area contributed by atoms with Crippen LogP contribution in [0.5, 0.6) is 0 Å². The fourth-order valence-corrected chi connectivity index (χ4v) is 7.16. The molecule has 0 bridgehead atoms. The number of esters is 2. The third kappa shape index (κ3) is 4.55. The Bertz CT molecular complexity index is 817. The SMILES string of the molecule is CCOC(=O)[C@@H]1C2=CO[C@H](OCC)C[C@@H]2C[C@@H](C(=O)OCC)[C@]12SC(N1CCOCC1)NC2=O. The normalized spacial score (nSPS) is 35.7. The maximum atomic E-state index is 13.8. The van der Waals surface area contributed by atoms with Crippen LogP contribution < -0.4 is 5.32 Å². The van der Waals surface area contributed by atoms with E-state index in [1.165, 1.54) is 11.8 Å². The second-order valence-electron chi connectivity index (χ2n) is 8.68. The molecule has 1 amide bonds. The highest BCUT2D eigenvalue weighted by Crippen LogP contribution is 2.58. The highest BCUT2D eigenvalue weighted by atomic mass is 32.2. The number of morpholine rings is 1. The molecule has 11 heteroatoms. The zero-order valence-corrected chi connectivity index (χ0v) is 20.8. The summed E-state index contributed by atoms with van der Waals surface area (Å²) in [5.41, 5.74) is 0.295. The molecule has 1 spiro atoms. The monoisotopic (exact) mass is 498 g/mol. The number of nitrogens with zero attached hydrogens (tertiary/aromatic N) is 1. The number of fused-ring (bicyclic) bond motifs is 1. The molecule has 0 aromatic heterocycles. The van der Waals surface area contributed by atoms with Crippen LogP contribution in [-0.4, -0.2) is 85.4 Å². The van der Waals surface area contributed by atoms with Gasteiger partial charge in [-0.3, -0.25) is 19.3 Å². The Balaban J connectivity index is 1.76. The predicted octanol–water partition coefficient (Wildman–Crippen LogP) is 1.25. The molecule has 34 heavy (non-hydrogen) atoms. The fraction of sp³-hybridized carbons (Fsp3) is 0.783. The summed E-state index contributed by atoms with van der Waals surface area (Å²) >= 11 is 1.32. The first-order valence-electron chi connectivity index (χ1n) is 12.1. The van der Waals surface area contributed by atoms with Crippen LogP contribution in [0, 0.1) is 17.8 Å². The standard InChI is InChI=1S/C23H34N2O8S/c1-4-30-17-12-14-11-16(19(26)31-5-2)23(18(15(14)13-33-17)20(27)32-6-3)21(28)24-22(34-23)25-7-9-29-10-8-25/h13-14,16-18,22H,4-12H2,1-3H3,(H,24,28)/t14-,16-,17-,18-,22?,23-/m0/s1. The van der Waals surface area contributed by atoms with Crippen LogP contribution in [0.4, 0.5) is 0 Å². The molecular weight excluding hydrogens is 464 g/mol. The van der Waals surface area contributed by atoms with Crippen LogP contribution in [0.2, 0.25) is 0 Å². The number of carbonyl (C=O) groups is 3. The number of rotatable bonds is 7. The summed E-state index contributed by atoms with van der Waals surface area (Å²) in [6.45, 7) is 8.58. The number of nitrogens with one attached hydrogen (secondary N) is 1. The first-order valence-corrected chi connectivity index (χ1v) is 12.9. The Labute approximate surface area is 204 Å².